The fourth-order valence-electron chi connectivity index (χ4n) is 3.13. The molecule has 6 heteroatoms. The first-order chi connectivity index (χ1) is 10.1. The minimum atomic E-state index is -0.512. The summed E-state index contributed by atoms with van der Waals surface area (Å²) < 4.78 is 0. The van der Waals surface area contributed by atoms with E-state index in [-0.39, 0.29) is 29.1 Å². The van der Waals surface area contributed by atoms with Crippen LogP contribution in [0, 0.1) is 16.0 Å². The van der Waals surface area contributed by atoms with Gasteiger partial charge in [-0.05, 0) is 31.4 Å². The minimum absolute atomic E-state index is 0.0658. The Bertz CT molecular complexity index is 533. The average molecular weight is 291 g/mol. The zero-order valence-corrected chi connectivity index (χ0v) is 12.2. The van der Waals surface area contributed by atoms with Crippen LogP contribution in [0.25, 0.3) is 0 Å². The summed E-state index contributed by atoms with van der Waals surface area (Å²) in [7, 11) is 1.72. The lowest BCUT2D eigenvalue weighted by Gasteiger charge is -2.37. The van der Waals surface area contributed by atoms with Gasteiger partial charge >= 0.3 is 0 Å². The maximum atomic E-state index is 12.6. The number of benzene rings is 1. The standard InChI is InChI=1S/C15H21N3O3/c1-17(13-8-4-2-6-11(13)10-16)15(19)12-7-3-5-9-14(12)18(20)21/h3,5,7,9,11,13H,2,4,6,8,10,16H2,1H3. The van der Waals surface area contributed by atoms with Gasteiger partial charge < -0.3 is 10.6 Å². The van der Waals surface area contributed by atoms with Crippen molar-refractivity contribution in [1.29, 1.82) is 0 Å². The van der Waals surface area contributed by atoms with Crippen molar-refractivity contribution in [3.63, 3.8) is 0 Å². The number of rotatable bonds is 4. The zero-order chi connectivity index (χ0) is 15.4. The van der Waals surface area contributed by atoms with Crippen molar-refractivity contribution in [2.75, 3.05) is 13.6 Å². The van der Waals surface area contributed by atoms with Gasteiger partial charge in [-0.25, -0.2) is 0 Å². The van der Waals surface area contributed by atoms with Crippen molar-refractivity contribution in [2.24, 2.45) is 11.7 Å². The molecule has 0 spiro atoms. The van der Waals surface area contributed by atoms with Crippen molar-refractivity contribution in [3.8, 4) is 0 Å². The molecule has 2 unspecified atom stereocenters. The van der Waals surface area contributed by atoms with Gasteiger partial charge in [-0.1, -0.05) is 25.0 Å². The number of amides is 1. The van der Waals surface area contributed by atoms with Crippen molar-refractivity contribution in [3.05, 3.63) is 39.9 Å². The van der Waals surface area contributed by atoms with Crippen LogP contribution in [0.3, 0.4) is 0 Å². The Balaban J connectivity index is 2.25. The van der Waals surface area contributed by atoms with E-state index in [4.69, 9.17) is 5.73 Å². The summed E-state index contributed by atoms with van der Waals surface area (Å²) in [5.41, 5.74) is 5.80. The molecular formula is C15H21N3O3. The summed E-state index contributed by atoms with van der Waals surface area (Å²) in [4.78, 5) is 24.8. The van der Waals surface area contributed by atoms with E-state index < -0.39 is 4.92 Å². The Hall–Kier alpha value is -1.95. The van der Waals surface area contributed by atoms with E-state index in [2.05, 4.69) is 0 Å². The maximum absolute atomic E-state index is 12.6. The quantitative estimate of drug-likeness (QED) is 0.680. The highest BCUT2D eigenvalue weighted by Crippen LogP contribution is 2.29. The highest BCUT2D eigenvalue weighted by molar-refractivity contribution is 5.98. The molecule has 0 bridgehead atoms. The molecule has 1 aliphatic carbocycles. The van der Waals surface area contributed by atoms with Crippen LogP contribution in [0.1, 0.15) is 36.0 Å². The van der Waals surface area contributed by atoms with E-state index >= 15 is 0 Å². The third-order valence-corrected chi connectivity index (χ3v) is 4.32. The monoisotopic (exact) mass is 291 g/mol. The second-order valence-electron chi connectivity index (χ2n) is 5.54. The summed E-state index contributed by atoms with van der Waals surface area (Å²) in [6.45, 7) is 0.541. The number of nitro groups is 1. The van der Waals surface area contributed by atoms with Gasteiger partial charge in [-0.2, -0.15) is 0 Å². The Morgan fingerprint density at radius 1 is 1.38 bits per heavy atom. The maximum Gasteiger partial charge on any atom is 0.282 e. The first-order valence-corrected chi connectivity index (χ1v) is 7.27. The third-order valence-electron chi connectivity index (χ3n) is 4.32. The number of nitrogens with two attached hydrogens (primary N) is 1. The van der Waals surface area contributed by atoms with Crippen molar-refractivity contribution in [1.82, 2.24) is 4.90 Å². The Labute approximate surface area is 124 Å². The number of nitro benzene ring substituents is 1. The van der Waals surface area contributed by atoms with E-state index in [1.807, 2.05) is 0 Å². The fourth-order valence-corrected chi connectivity index (χ4v) is 3.13. The number of para-hydroxylation sites is 1. The van der Waals surface area contributed by atoms with E-state index in [9.17, 15) is 14.9 Å². The topological polar surface area (TPSA) is 89.5 Å². The van der Waals surface area contributed by atoms with Gasteiger partial charge in [0.25, 0.3) is 11.6 Å². The molecule has 1 fully saturated rings. The van der Waals surface area contributed by atoms with Crippen LogP contribution in [0.5, 0.6) is 0 Å². The normalized spacial score (nSPS) is 21.8. The predicted octanol–water partition coefficient (Wildman–Crippen LogP) is 2.18. The van der Waals surface area contributed by atoms with Gasteiger partial charge in [0.15, 0.2) is 0 Å². The van der Waals surface area contributed by atoms with Crippen LogP contribution in [-0.4, -0.2) is 35.4 Å². The highest BCUT2D eigenvalue weighted by atomic mass is 16.6. The fraction of sp³-hybridized carbons (Fsp3) is 0.533. The smallest absolute Gasteiger partial charge is 0.282 e. The summed E-state index contributed by atoms with van der Waals surface area (Å²) >= 11 is 0. The van der Waals surface area contributed by atoms with Crippen LogP contribution in [0.4, 0.5) is 5.69 Å². The van der Waals surface area contributed by atoms with Crippen LogP contribution < -0.4 is 5.73 Å². The molecule has 1 saturated carbocycles. The molecule has 2 atom stereocenters. The van der Waals surface area contributed by atoms with Gasteiger partial charge in [0, 0.05) is 19.2 Å². The molecule has 21 heavy (non-hydrogen) atoms. The van der Waals surface area contributed by atoms with Gasteiger partial charge in [-0.3, -0.25) is 14.9 Å². The number of hydrogen-bond acceptors (Lipinski definition) is 4. The molecule has 1 aromatic carbocycles. The Morgan fingerprint density at radius 3 is 2.71 bits per heavy atom. The average Bonchev–Trinajstić information content (AvgIpc) is 2.53. The van der Waals surface area contributed by atoms with Gasteiger partial charge in [0.2, 0.25) is 0 Å². The van der Waals surface area contributed by atoms with E-state index in [1.165, 1.54) is 12.1 Å². The van der Waals surface area contributed by atoms with Gasteiger partial charge in [-0.15, -0.1) is 0 Å². The Kier molecular flexibility index (Phi) is 4.90. The summed E-state index contributed by atoms with van der Waals surface area (Å²) in [5, 5.41) is 11.1. The van der Waals surface area contributed by atoms with Crippen LogP contribution >= 0.6 is 0 Å². The largest absolute Gasteiger partial charge is 0.338 e. The number of nitrogens with zero attached hydrogens (tertiary/aromatic N) is 2. The molecule has 2 rings (SSSR count). The summed E-state index contributed by atoms with van der Waals surface area (Å²) in [6.07, 6.45) is 4.11. The lowest BCUT2D eigenvalue weighted by molar-refractivity contribution is -0.385. The van der Waals surface area contributed by atoms with E-state index in [0.29, 0.717) is 6.54 Å². The Morgan fingerprint density at radius 2 is 2.05 bits per heavy atom. The molecule has 0 aromatic heterocycles. The summed E-state index contributed by atoms with van der Waals surface area (Å²) in [5.74, 6) is -0.0249. The SMILES string of the molecule is CN(C(=O)c1ccccc1[N+](=O)[O-])C1CCCCC1CN. The van der Waals surface area contributed by atoms with Crippen LogP contribution in [0.15, 0.2) is 24.3 Å². The van der Waals surface area contributed by atoms with Gasteiger partial charge in [0.1, 0.15) is 5.56 Å². The second-order valence-corrected chi connectivity index (χ2v) is 5.54. The molecule has 114 valence electrons. The number of carbonyl (C=O) groups is 1. The molecule has 1 amide bonds. The molecule has 1 aromatic rings. The zero-order valence-electron chi connectivity index (χ0n) is 12.2. The molecule has 0 saturated heterocycles. The molecule has 2 N–H and O–H groups in total. The van der Waals surface area contributed by atoms with E-state index in [1.54, 1.807) is 24.1 Å². The molecular weight excluding hydrogens is 270 g/mol. The first-order valence-electron chi connectivity index (χ1n) is 7.27. The van der Waals surface area contributed by atoms with Crippen molar-refractivity contribution >= 4 is 11.6 Å². The number of hydrogen-bond donors (Lipinski definition) is 1. The lowest BCUT2D eigenvalue weighted by atomic mass is 9.83. The van der Waals surface area contributed by atoms with Gasteiger partial charge in [0.05, 0.1) is 4.92 Å². The van der Waals surface area contributed by atoms with Crippen LogP contribution in [0.2, 0.25) is 0 Å². The molecule has 0 heterocycles. The molecule has 0 radical (unpaired) electrons. The molecule has 6 nitrogen and oxygen atoms in total. The first kappa shape index (κ1) is 15.4. The molecule has 1 aliphatic rings. The highest BCUT2D eigenvalue weighted by Gasteiger charge is 2.32. The van der Waals surface area contributed by atoms with E-state index in [0.717, 1.165) is 25.7 Å². The lowest BCUT2D eigenvalue weighted by Crippen LogP contribution is -2.46. The number of carbonyl (C=O) groups excluding carboxylic acids is 1. The third kappa shape index (κ3) is 3.21. The summed E-state index contributed by atoms with van der Waals surface area (Å²) in [6, 6.07) is 6.16. The van der Waals surface area contributed by atoms with Crippen LogP contribution in [-0.2, 0) is 0 Å². The molecule has 0 aliphatic heterocycles. The second kappa shape index (κ2) is 6.67. The van der Waals surface area contributed by atoms with Crippen molar-refractivity contribution < 1.29 is 9.72 Å². The minimum Gasteiger partial charge on any atom is -0.338 e. The predicted molar refractivity (Wildman–Crippen MR) is 80.0 cm³/mol. The van der Waals surface area contributed by atoms with Crippen molar-refractivity contribution in [2.45, 2.75) is 31.7 Å².